The largest absolute Gasteiger partial charge is 0.489 e. The summed E-state index contributed by atoms with van der Waals surface area (Å²) in [7, 11) is 0. The van der Waals surface area contributed by atoms with E-state index in [2.05, 4.69) is 15.3 Å². The van der Waals surface area contributed by atoms with Crippen molar-refractivity contribution in [2.45, 2.75) is 6.92 Å². The molecule has 0 saturated heterocycles. The highest BCUT2D eigenvalue weighted by molar-refractivity contribution is 6.29. The van der Waals surface area contributed by atoms with Gasteiger partial charge in [0.2, 0.25) is 5.88 Å². The summed E-state index contributed by atoms with van der Waals surface area (Å²) in [5.41, 5.74) is 2.08. The van der Waals surface area contributed by atoms with Gasteiger partial charge in [-0.25, -0.2) is 9.97 Å². The molecule has 0 amide bonds. The average Bonchev–Trinajstić information content (AvgIpc) is 2.39. The van der Waals surface area contributed by atoms with Crippen molar-refractivity contribution in [1.29, 1.82) is 0 Å². The molecule has 0 aliphatic carbocycles. The van der Waals surface area contributed by atoms with E-state index in [0.717, 1.165) is 23.5 Å². The summed E-state index contributed by atoms with van der Waals surface area (Å²) < 4.78 is 11.3. The van der Waals surface area contributed by atoms with Crippen LogP contribution in [0.1, 0.15) is 5.56 Å². The van der Waals surface area contributed by atoms with E-state index in [1.54, 1.807) is 6.07 Å². The minimum atomic E-state index is 0.345. The van der Waals surface area contributed by atoms with E-state index in [4.69, 9.17) is 21.1 Å². The zero-order valence-corrected chi connectivity index (χ0v) is 11.1. The van der Waals surface area contributed by atoms with Crippen molar-refractivity contribution < 1.29 is 9.47 Å². The Bertz CT molecular complexity index is 619. The van der Waals surface area contributed by atoms with Crippen LogP contribution >= 0.6 is 11.6 Å². The van der Waals surface area contributed by atoms with Crippen LogP contribution in [0.15, 0.2) is 24.5 Å². The summed E-state index contributed by atoms with van der Waals surface area (Å²) in [6, 6.07) is 5.33. The van der Waals surface area contributed by atoms with Gasteiger partial charge in [0.1, 0.15) is 29.6 Å². The minimum absolute atomic E-state index is 0.345. The normalized spacial score (nSPS) is 13.2. The van der Waals surface area contributed by atoms with Crippen LogP contribution in [0.25, 0.3) is 0 Å². The van der Waals surface area contributed by atoms with Crippen molar-refractivity contribution in [3.63, 3.8) is 0 Å². The molecule has 2 heterocycles. The molecule has 98 valence electrons. The Morgan fingerprint density at radius 3 is 3.05 bits per heavy atom. The molecule has 2 aromatic rings. The third-order valence-corrected chi connectivity index (χ3v) is 2.97. The van der Waals surface area contributed by atoms with Crippen LogP contribution in [0.5, 0.6) is 17.4 Å². The molecule has 3 rings (SSSR count). The van der Waals surface area contributed by atoms with Crippen molar-refractivity contribution in [3.05, 3.63) is 35.2 Å². The highest BCUT2D eigenvalue weighted by Gasteiger charge is 2.14. The Kier molecular flexibility index (Phi) is 3.13. The van der Waals surface area contributed by atoms with Gasteiger partial charge in [0, 0.05) is 18.7 Å². The fraction of sp³-hybridized carbons (Fsp3) is 0.231. The number of hydrogen-bond acceptors (Lipinski definition) is 5. The Hall–Kier alpha value is -2.01. The number of fused-ring (bicyclic) bond motifs is 1. The highest BCUT2D eigenvalue weighted by Crippen LogP contribution is 2.36. The molecule has 1 aromatic heterocycles. The van der Waals surface area contributed by atoms with Gasteiger partial charge < -0.3 is 14.8 Å². The summed E-state index contributed by atoms with van der Waals surface area (Å²) in [4.78, 5) is 7.81. The molecule has 0 unspecified atom stereocenters. The van der Waals surface area contributed by atoms with Crippen molar-refractivity contribution in [3.8, 4) is 17.4 Å². The number of ether oxygens (including phenoxy) is 2. The van der Waals surface area contributed by atoms with Gasteiger partial charge in [-0.1, -0.05) is 11.6 Å². The molecule has 5 nitrogen and oxygen atoms in total. The zero-order valence-electron chi connectivity index (χ0n) is 10.3. The number of rotatable bonds is 2. The lowest BCUT2D eigenvalue weighted by molar-refractivity contribution is 0.321. The SMILES string of the molecule is Cc1cc(Oc2cc(Cl)ncn2)cc2c1NCCO2. The fourth-order valence-electron chi connectivity index (χ4n) is 1.95. The number of nitrogens with one attached hydrogen (secondary N) is 1. The summed E-state index contributed by atoms with van der Waals surface area (Å²) in [6.45, 7) is 3.46. The zero-order chi connectivity index (χ0) is 13.2. The van der Waals surface area contributed by atoms with Crippen molar-refractivity contribution in [2.24, 2.45) is 0 Å². The highest BCUT2D eigenvalue weighted by atomic mass is 35.5. The first-order chi connectivity index (χ1) is 9.22. The second-order valence-corrected chi connectivity index (χ2v) is 4.56. The standard InChI is InChI=1S/C13H12ClN3O2/c1-8-4-9(5-10-13(8)15-2-3-18-10)19-12-6-11(14)16-7-17-12/h4-7,15H,2-3H2,1H3. The van der Waals surface area contributed by atoms with Crippen LogP contribution in [-0.2, 0) is 0 Å². The monoisotopic (exact) mass is 277 g/mol. The maximum Gasteiger partial charge on any atom is 0.223 e. The molecular weight excluding hydrogens is 266 g/mol. The van der Waals surface area contributed by atoms with Crippen molar-refractivity contribution in [2.75, 3.05) is 18.5 Å². The molecule has 0 radical (unpaired) electrons. The van der Waals surface area contributed by atoms with Crippen LogP contribution in [0.2, 0.25) is 5.15 Å². The molecule has 0 atom stereocenters. The van der Waals surface area contributed by atoms with Crippen molar-refractivity contribution in [1.82, 2.24) is 9.97 Å². The first-order valence-corrected chi connectivity index (χ1v) is 6.27. The number of nitrogens with zero attached hydrogens (tertiary/aromatic N) is 2. The number of anilines is 1. The third kappa shape index (κ3) is 2.56. The van der Waals surface area contributed by atoms with Crippen LogP contribution in [0, 0.1) is 6.92 Å². The molecule has 1 N–H and O–H groups in total. The molecule has 0 bridgehead atoms. The number of benzene rings is 1. The summed E-state index contributed by atoms with van der Waals surface area (Å²) in [5, 5.41) is 3.65. The lowest BCUT2D eigenvalue weighted by atomic mass is 10.1. The van der Waals surface area contributed by atoms with Gasteiger partial charge in [-0.15, -0.1) is 0 Å². The van der Waals surface area contributed by atoms with Gasteiger partial charge in [0.15, 0.2) is 0 Å². The molecule has 1 aliphatic rings. The van der Waals surface area contributed by atoms with Crippen LogP contribution in [-0.4, -0.2) is 23.1 Å². The van der Waals surface area contributed by atoms with Gasteiger partial charge in [0.25, 0.3) is 0 Å². The summed E-state index contributed by atoms with van der Waals surface area (Å²) >= 11 is 5.79. The van der Waals surface area contributed by atoms with Gasteiger partial charge in [0.05, 0.1) is 5.69 Å². The lowest BCUT2D eigenvalue weighted by Crippen LogP contribution is -2.18. The quantitative estimate of drug-likeness (QED) is 0.855. The minimum Gasteiger partial charge on any atom is -0.489 e. The summed E-state index contributed by atoms with van der Waals surface area (Å²) in [6.07, 6.45) is 1.36. The van der Waals surface area contributed by atoms with Gasteiger partial charge >= 0.3 is 0 Å². The first-order valence-electron chi connectivity index (χ1n) is 5.89. The molecule has 1 aromatic carbocycles. The maximum atomic E-state index is 5.79. The van der Waals surface area contributed by atoms with E-state index in [9.17, 15) is 0 Å². The molecule has 0 saturated carbocycles. The van der Waals surface area contributed by atoms with Crippen molar-refractivity contribution >= 4 is 17.3 Å². The number of hydrogen-bond donors (Lipinski definition) is 1. The fourth-order valence-corrected chi connectivity index (χ4v) is 2.09. The summed E-state index contributed by atoms with van der Waals surface area (Å²) in [5.74, 6) is 1.86. The van der Waals surface area contributed by atoms with E-state index in [-0.39, 0.29) is 0 Å². The van der Waals surface area contributed by atoms with Crippen LogP contribution < -0.4 is 14.8 Å². The van der Waals surface area contributed by atoms with E-state index < -0.39 is 0 Å². The molecule has 0 spiro atoms. The van der Waals surface area contributed by atoms with Crippen LogP contribution in [0.4, 0.5) is 5.69 Å². The van der Waals surface area contributed by atoms with Crippen LogP contribution in [0.3, 0.4) is 0 Å². The molecule has 6 heteroatoms. The first kappa shape index (κ1) is 12.0. The second-order valence-electron chi connectivity index (χ2n) is 4.17. The van der Waals surface area contributed by atoms with Gasteiger partial charge in [-0.05, 0) is 18.6 Å². The van der Waals surface area contributed by atoms with E-state index in [1.807, 2.05) is 19.1 Å². The second kappa shape index (κ2) is 4.93. The Labute approximate surface area is 115 Å². The Balaban J connectivity index is 1.91. The lowest BCUT2D eigenvalue weighted by Gasteiger charge is -2.21. The topological polar surface area (TPSA) is 56.3 Å². The number of aromatic nitrogens is 2. The van der Waals surface area contributed by atoms with E-state index in [0.29, 0.717) is 23.4 Å². The molecule has 1 aliphatic heterocycles. The van der Waals surface area contributed by atoms with E-state index in [1.165, 1.54) is 6.33 Å². The number of halogens is 1. The average molecular weight is 278 g/mol. The molecule has 0 fully saturated rings. The van der Waals surface area contributed by atoms with Gasteiger partial charge in [-0.3, -0.25) is 0 Å². The van der Waals surface area contributed by atoms with E-state index >= 15 is 0 Å². The predicted octanol–water partition coefficient (Wildman–Crippen LogP) is 3.04. The Morgan fingerprint density at radius 2 is 2.21 bits per heavy atom. The number of aryl methyl sites for hydroxylation is 1. The maximum absolute atomic E-state index is 5.79. The van der Waals surface area contributed by atoms with Gasteiger partial charge in [-0.2, -0.15) is 0 Å². The predicted molar refractivity (Wildman–Crippen MR) is 72.3 cm³/mol. The molecule has 19 heavy (non-hydrogen) atoms. The Morgan fingerprint density at radius 1 is 1.32 bits per heavy atom. The smallest absolute Gasteiger partial charge is 0.223 e. The third-order valence-electron chi connectivity index (χ3n) is 2.77. The molecular formula is C13H12ClN3O2.